The van der Waals surface area contributed by atoms with Crippen LogP contribution in [0.1, 0.15) is 48.0 Å². The Balaban J connectivity index is 4.61. The normalized spacial score (nSPS) is 14.6. The standard InChI is InChI=1S/C15H32N2O2/c1-9-16-12(10-17(7)8)13(18)19-15(5,6)11-14(2,3)4/h12,16H,9-11H2,1-8H3. The second kappa shape index (κ2) is 7.25. The Labute approximate surface area is 118 Å². The van der Waals surface area contributed by atoms with Crippen LogP contribution in [0.2, 0.25) is 0 Å². The summed E-state index contributed by atoms with van der Waals surface area (Å²) in [6.07, 6.45) is 0.840. The zero-order valence-electron chi connectivity index (χ0n) is 14.0. The lowest BCUT2D eigenvalue weighted by Crippen LogP contribution is -2.48. The molecule has 1 unspecified atom stereocenters. The number of rotatable bonds is 7. The molecule has 0 aliphatic carbocycles. The minimum Gasteiger partial charge on any atom is -0.458 e. The van der Waals surface area contributed by atoms with E-state index in [0.717, 1.165) is 13.0 Å². The van der Waals surface area contributed by atoms with E-state index in [4.69, 9.17) is 4.74 Å². The predicted octanol–water partition coefficient (Wildman–Crippen LogP) is 2.28. The van der Waals surface area contributed by atoms with Gasteiger partial charge in [0.05, 0.1) is 0 Å². The Bertz CT molecular complexity index is 280. The molecule has 0 aromatic carbocycles. The van der Waals surface area contributed by atoms with E-state index in [9.17, 15) is 4.79 Å². The highest BCUT2D eigenvalue weighted by atomic mass is 16.6. The Morgan fingerprint density at radius 3 is 2.11 bits per heavy atom. The summed E-state index contributed by atoms with van der Waals surface area (Å²) in [6.45, 7) is 13.8. The molecule has 0 saturated carbocycles. The molecule has 4 nitrogen and oxygen atoms in total. The van der Waals surface area contributed by atoms with E-state index in [1.54, 1.807) is 0 Å². The minimum absolute atomic E-state index is 0.138. The zero-order valence-corrected chi connectivity index (χ0v) is 14.0. The molecular formula is C15H32N2O2. The smallest absolute Gasteiger partial charge is 0.325 e. The molecule has 0 fully saturated rings. The number of hydrogen-bond donors (Lipinski definition) is 1. The topological polar surface area (TPSA) is 41.6 Å². The Morgan fingerprint density at radius 2 is 1.74 bits per heavy atom. The Kier molecular flexibility index (Phi) is 7.01. The van der Waals surface area contributed by atoms with Crippen molar-refractivity contribution in [3.8, 4) is 0 Å². The van der Waals surface area contributed by atoms with Gasteiger partial charge >= 0.3 is 5.97 Å². The van der Waals surface area contributed by atoms with Crippen LogP contribution < -0.4 is 5.32 Å². The van der Waals surface area contributed by atoms with Crippen molar-refractivity contribution in [2.75, 3.05) is 27.2 Å². The fourth-order valence-corrected chi connectivity index (χ4v) is 2.49. The van der Waals surface area contributed by atoms with E-state index in [1.165, 1.54) is 0 Å². The molecule has 0 saturated heterocycles. The van der Waals surface area contributed by atoms with Gasteiger partial charge in [0.25, 0.3) is 0 Å². The number of likely N-dealkylation sites (N-methyl/N-ethyl adjacent to an activating group) is 2. The summed E-state index contributed by atoms with van der Waals surface area (Å²) < 4.78 is 5.70. The van der Waals surface area contributed by atoms with E-state index in [-0.39, 0.29) is 17.4 Å². The first-order valence-electron chi connectivity index (χ1n) is 7.08. The number of nitrogens with zero attached hydrogens (tertiary/aromatic N) is 1. The third-order valence-electron chi connectivity index (χ3n) is 2.62. The van der Waals surface area contributed by atoms with Crippen LogP contribution in [0.25, 0.3) is 0 Å². The average molecular weight is 272 g/mol. The van der Waals surface area contributed by atoms with Crippen LogP contribution in [-0.4, -0.2) is 49.7 Å². The van der Waals surface area contributed by atoms with Crippen molar-refractivity contribution in [2.45, 2.75) is 59.6 Å². The number of hydrogen-bond acceptors (Lipinski definition) is 4. The number of carbonyl (C=O) groups excluding carboxylic acids is 1. The molecule has 0 aliphatic rings. The van der Waals surface area contributed by atoms with Crippen molar-refractivity contribution in [2.24, 2.45) is 5.41 Å². The van der Waals surface area contributed by atoms with E-state index < -0.39 is 5.60 Å². The van der Waals surface area contributed by atoms with Gasteiger partial charge in [-0.05, 0) is 46.3 Å². The maximum Gasteiger partial charge on any atom is 0.325 e. The van der Waals surface area contributed by atoms with E-state index in [1.807, 2.05) is 39.8 Å². The maximum absolute atomic E-state index is 12.3. The third-order valence-corrected chi connectivity index (χ3v) is 2.62. The van der Waals surface area contributed by atoms with Gasteiger partial charge in [-0.2, -0.15) is 0 Å². The predicted molar refractivity (Wildman–Crippen MR) is 80.3 cm³/mol. The molecule has 0 aromatic rings. The summed E-state index contributed by atoms with van der Waals surface area (Å²) in [5.41, 5.74) is -0.297. The molecule has 114 valence electrons. The minimum atomic E-state index is -0.435. The largest absolute Gasteiger partial charge is 0.458 e. The van der Waals surface area contributed by atoms with Gasteiger partial charge in [-0.15, -0.1) is 0 Å². The van der Waals surface area contributed by atoms with Gasteiger partial charge in [0, 0.05) is 6.54 Å². The molecule has 0 aromatic heterocycles. The van der Waals surface area contributed by atoms with Crippen molar-refractivity contribution in [3.05, 3.63) is 0 Å². The van der Waals surface area contributed by atoms with Gasteiger partial charge in [-0.1, -0.05) is 27.7 Å². The summed E-state index contributed by atoms with van der Waals surface area (Å²) in [6, 6.07) is -0.265. The molecule has 0 spiro atoms. The lowest BCUT2D eigenvalue weighted by atomic mass is 9.83. The molecule has 1 N–H and O–H groups in total. The molecule has 0 rings (SSSR count). The van der Waals surface area contributed by atoms with Crippen molar-refractivity contribution in [1.82, 2.24) is 10.2 Å². The molecule has 0 radical (unpaired) electrons. The van der Waals surface area contributed by atoms with Crippen molar-refractivity contribution < 1.29 is 9.53 Å². The Hall–Kier alpha value is -0.610. The first kappa shape index (κ1) is 18.4. The van der Waals surface area contributed by atoms with Crippen LogP contribution in [0.5, 0.6) is 0 Å². The van der Waals surface area contributed by atoms with Crippen LogP contribution in [0.4, 0.5) is 0 Å². The van der Waals surface area contributed by atoms with Crippen molar-refractivity contribution in [1.29, 1.82) is 0 Å². The van der Waals surface area contributed by atoms with Crippen LogP contribution in [0, 0.1) is 5.41 Å². The lowest BCUT2D eigenvalue weighted by Gasteiger charge is -2.33. The van der Waals surface area contributed by atoms with Gasteiger partial charge < -0.3 is 15.0 Å². The van der Waals surface area contributed by atoms with E-state index in [0.29, 0.717) is 6.54 Å². The van der Waals surface area contributed by atoms with Crippen LogP contribution >= 0.6 is 0 Å². The van der Waals surface area contributed by atoms with Crippen LogP contribution in [-0.2, 0) is 9.53 Å². The third kappa shape index (κ3) is 9.00. The SMILES string of the molecule is CCNC(CN(C)C)C(=O)OC(C)(C)CC(C)(C)C. The molecule has 19 heavy (non-hydrogen) atoms. The molecular weight excluding hydrogens is 240 g/mol. The van der Waals surface area contributed by atoms with Crippen LogP contribution in [0.3, 0.4) is 0 Å². The van der Waals surface area contributed by atoms with Gasteiger partial charge in [0.2, 0.25) is 0 Å². The zero-order chi connectivity index (χ0) is 15.3. The monoisotopic (exact) mass is 272 g/mol. The molecule has 0 bridgehead atoms. The number of nitrogens with one attached hydrogen (secondary N) is 1. The summed E-state index contributed by atoms with van der Waals surface area (Å²) in [5, 5.41) is 3.18. The molecule has 0 aliphatic heterocycles. The van der Waals surface area contributed by atoms with Gasteiger partial charge in [0.15, 0.2) is 0 Å². The van der Waals surface area contributed by atoms with Gasteiger partial charge in [0.1, 0.15) is 11.6 Å². The first-order chi connectivity index (χ1) is 8.47. The van der Waals surface area contributed by atoms with Gasteiger partial charge in [-0.25, -0.2) is 0 Å². The van der Waals surface area contributed by atoms with Crippen molar-refractivity contribution >= 4 is 5.97 Å². The van der Waals surface area contributed by atoms with Gasteiger partial charge in [-0.3, -0.25) is 4.79 Å². The van der Waals surface area contributed by atoms with E-state index in [2.05, 4.69) is 26.1 Å². The highest BCUT2D eigenvalue weighted by Crippen LogP contribution is 2.29. The molecule has 4 heteroatoms. The summed E-state index contributed by atoms with van der Waals surface area (Å²) in [5.74, 6) is -0.162. The number of esters is 1. The summed E-state index contributed by atoms with van der Waals surface area (Å²) in [4.78, 5) is 14.3. The highest BCUT2D eigenvalue weighted by molar-refractivity contribution is 5.76. The summed E-state index contributed by atoms with van der Waals surface area (Å²) in [7, 11) is 3.91. The fraction of sp³-hybridized carbons (Fsp3) is 0.933. The average Bonchev–Trinajstić information content (AvgIpc) is 2.11. The first-order valence-corrected chi connectivity index (χ1v) is 7.08. The second-order valence-corrected chi connectivity index (χ2v) is 7.29. The number of carbonyl (C=O) groups is 1. The summed E-state index contributed by atoms with van der Waals surface area (Å²) >= 11 is 0. The van der Waals surface area contributed by atoms with Crippen molar-refractivity contribution in [3.63, 3.8) is 0 Å². The second-order valence-electron chi connectivity index (χ2n) is 7.29. The fourth-order valence-electron chi connectivity index (χ4n) is 2.49. The Morgan fingerprint density at radius 1 is 1.21 bits per heavy atom. The molecule has 1 atom stereocenters. The van der Waals surface area contributed by atoms with E-state index >= 15 is 0 Å². The lowest BCUT2D eigenvalue weighted by molar-refractivity contribution is -0.161. The highest BCUT2D eigenvalue weighted by Gasteiger charge is 2.31. The quantitative estimate of drug-likeness (QED) is 0.722. The molecule has 0 amide bonds. The van der Waals surface area contributed by atoms with Crippen LogP contribution in [0.15, 0.2) is 0 Å². The maximum atomic E-state index is 12.3. The molecule has 0 heterocycles. The number of ether oxygens (including phenoxy) is 1.